The van der Waals surface area contributed by atoms with Crippen molar-refractivity contribution in [2.24, 2.45) is 5.73 Å². The Morgan fingerprint density at radius 1 is 1.41 bits per heavy atom. The molecule has 0 fully saturated rings. The Bertz CT molecular complexity index is 348. The molecule has 2 N–H and O–H groups in total. The van der Waals surface area contributed by atoms with Crippen LogP contribution in [0.25, 0.3) is 0 Å². The second-order valence-corrected chi connectivity index (χ2v) is 4.61. The molecule has 0 saturated heterocycles. The molecule has 3 heteroatoms. The van der Waals surface area contributed by atoms with Crippen molar-refractivity contribution in [3.63, 3.8) is 0 Å². The van der Waals surface area contributed by atoms with Gasteiger partial charge in [0.1, 0.15) is 0 Å². The van der Waals surface area contributed by atoms with E-state index in [4.69, 9.17) is 10.5 Å². The Labute approximate surface area is 105 Å². The first-order valence-electron chi connectivity index (χ1n) is 6.09. The summed E-state index contributed by atoms with van der Waals surface area (Å²) in [6.45, 7) is 5.48. The average Bonchev–Trinajstić information content (AvgIpc) is 2.35. The van der Waals surface area contributed by atoms with E-state index in [2.05, 4.69) is 50.1 Å². The molecule has 0 aliphatic carbocycles. The van der Waals surface area contributed by atoms with Crippen molar-refractivity contribution in [3.8, 4) is 0 Å². The molecule has 0 aliphatic rings. The Morgan fingerprint density at radius 3 is 2.59 bits per heavy atom. The molecule has 1 aromatic carbocycles. The number of nitrogens with zero attached hydrogens (tertiary/aromatic N) is 1. The van der Waals surface area contributed by atoms with Gasteiger partial charge in [0.2, 0.25) is 0 Å². The van der Waals surface area contributed by atoms with E-state index in [0.29, 0.717) is 13.2 Å². The molecular formula is C14H24N2O. The molecule has 0 heterocycles. The van der Waals surface area contributed by atoms with Crippen LogP contribution in [0.15, 0.2) is 24.3 Å². The van der Waals surface area contributed by atoms with Crippen LogP contribution in [-0.2, 0) is 4.74 Å². The molecule has 96 valence electrons. The van der Waals surface area contributed by atoms with Crippen LogP contribution >= 0.6 is 0 Å². The molecule has 1 unspecified atom stereocenters. The second kappa shape index (κ2) is 6.03. The van der Waals surface area contributed by atoms with Crippen molar-refractivity contribution in [2.45, 2.75) is 25.8 Å². The first-order valence-corrected chi connectivity index (χ1v) is 6.09. The van der Waals surface area contributed by atoms with E-state index in [1.54, 1.807) is 7.11 Å². The molecule has 0 bridgehead atoms. The van der Waals surface area contributed by atoms with Gasteiger partial charge >= 0.3 is 0 Å². The number of nitrogens with two attached hydrogens (primary N) is 1. The first-order chi connectivity index (χ1) is 8.09. The van der Waals surface area contributed by atoms with Crippen LogP contribution in [0.5, 0.6) is 0 Å². The predicted octanol–water partition coefficient (Wildman–Crippen LogP) is 2.19. The minimum Gasteiger partial charge on any atom is -0.382 e. The van der Waals surface area contributed by atoms with Crippen molar-refractivity contribution in [3.05, 3.63) is 29.8 Å². The maximum absolute atomic E-state index is 5.96. The zero-order chi connectivity index (χ0) is 12.9. The highest BCUT2D eigenvalue weighted by atomic mass is 16.5. The Hall–Kier alpha value is -1.06. The van der Waals surface area contributed by atoms with Crippen LogP contribution < -0.4 is 10.6 Å². The zero-order valence-electron chi connectivity index (χ0n) is 11.4. The third-order valence-corrected chi connectivity index (χ3v) is 3.55. The third kappa shape index (κ3) is 2.99. The SMILES string of the molecule is CCC(CN)(COC)N(C)c1cccc(C)c1. The largest absolute Gasteiger partial charge is 0.382 e. The summed E-state index contributed by atoms with van der Waals surface area (Å²) < 4.78 is 5.34. The lowest BCUT2D eigenvalue weighted by Crippen LogP contribution is -2.55. The van der Waals surface area contributed by atoms with Crippen LogP contribution in [-0.4, -0.2) is 32.8 Å². The number of hydrogen-bond donors (Lipinski definition) is 1. The lowest BCUT2D eigenvalue weighted by molar-refractivity contribution is 0.130. The molecule has 0 radical (unpaired) electrons. The van der Waals surface area contributed by atoms with E-state index < -0.39 is 0 Å². The summed E-state index contributed by atoms with van der Waals surface area (Å²) in [6, 6.07) is 8.47. The Morgan fingerprint density at radius 2 is 2.12 bits per heavy atom. The van der Waals surface area contributed by atoms with Gasteiger partial charge in [0, 0.05) is 26.4 Å². The van der Waals surface area contributed by atoms with Crippen LogP contribution in [0.4, 0.5) is 5.69 Å². The van der Waals surface area contributed by atoms with E-state index in [1.807, 2.05) is 0 Å². The number of benzene rings is 1. The van der Waals surface area contributed by atoms with E-state index in [9.17, 15) is 0 Å². The normalized spacial score (nSPS) is 14.4. The molecule has 1 aromatic rings. The third-order valence-electron chi connectivity index (χ3n) is 3.55. The quantitative estimate of drug-likeness (QED) is 0.823. The van der Waals surface area contributed by atoms with Crippen LogP contribution in [0.3, 0.4) is 0 Å². The van der Waals surface area contributed by atoms with Crippen LogP contribution in [0, 0.1) is 6.92 Å². The van der Waals surface area contributed by atoms with Gasteiger partial charge in [0.25, 0.3) is 0 Å². The maximum Gasteiger partial charge on any atom is 0.0750 e. The molecule has 3 nitrogen and oxygen atoms in total. The maximum atomic E-state index is 5.96. The smallest absolute Gasteiger partial charge is 0.0750 e. The zero-order valence-corrected chi connectivity index (χ0v) is 11.4. The molecule has 1 atom stereocenters. The van der Waals surface area contributed by atoms with Crippen molar-refractivity contribution in [2.75, 3.05) is 32.2 Å². The number of aryl methyl sites for hydroxylation is 1. The molecule has 0 aliphatic heterocycles. The number of anilines is 1. The van der Waals surface area contributed by atoms with Gasteiger partial charge in [0.05, 0.1) is 12.1 Å². The minimum atomic E-state index is -0.122. The van der Waals surface area contributed by atoms with Gasteiger partial charge in [-0.25, -0.2) is 0 Å². The molecule has 0 amide bonds. The van der Waals surface area contributed by atoms with E-state index in [-0.39, 0.29) is 5.54 Å². The van der Waals surface area contributed by atoms with Crippen LogP contribution in [0.1, 0.15) is 18.9 Å². The van der Waals surface area contributed by atoms with Gasteiger partial charge in [-0.1, -0.05) is 19.1 Å². The van der Waals surface area contributed by atoms with Gasteiger partial charge in [0.15, 0.2) is 0 Å². The number of likely N-dealkylation sites (N-methyl/N-ethyl adjacent to an activating group) is 1. The average molecular weight is 236 g/mol. The van der Waals surface area contributed by atoms with Crippen molar-refractivity contribution in [1.82, 2.24) is 0 Å². The van der Waals surface area contributed by atoms with Gasteiger partial charge in [-0.05, 0) is 31.0 Å². The highest BCUT2D eigenvalue weighted by Gasteiger charge is 2.31. The van der Waals surface area contributed by atoms with E-state index >= 15 is 0 Å². The molecular weight excluding hydrogens is 212 g/mol. The molecule has 0 aromatic heterocycles. The molecule has 0 spiro atoms. The second-order valence-electron chi connectivity index (χ2n) is 4.61. The topological polar surface area (TPSA) is 38.5 Å². The summed E-state index contributed by atoms with van der Waals surface area (Å²) >= 11 is 0. The molecule has 0 saturated carbocycles. The number of rotatable bonds is 6. The van der Waals surface area contributed by atoms with Crippen molar-refractivity contribution >= 4 is 5.69 Å². The lowest BCUT2D eigenvalue weighted by atomic mass is 9.94. The summed E-state index contributed by atoms with van der Waals surface area (Å²) in [6.07, 6.45) is 0.960. The Kier molecular flexibility index (Phi) is 4.97. The summed E-state index contributed by atoms with van der Waals surface area (Å²) in [5.41, 5.74) is 8.28. The first kappa shape index (κ1) is 14.0. The number of hydrogen-bond acceptors (Lipinski definition) is 3. The van der Waals surface area contributed by atoms with Crippen LogP contribution in [0.2, 0.25) is 0 Å². The van der Waals surface area contributed by atoms with Gasteiger partial charge in [-0.2, -0.15) is 0 Å². The minimum absolute atomic E-state index is 0.122. The highest BCUT2D eigenvalue weighted by Crippen LogP contribution is 2.25. The standard InChI is InChI=1S/C14H24N2O/c1-5-14(10-15,11-17-4)16(3)13-8-6-7-12(2)9-13/h6-9H,5,10-11,15H2,1-4H3. The number of ether oxygens (including phenoxy) is 1. The monoisotopic (exact) mass is 236 g/mol. The van der Waals surface area contributed by atoms with Gasteiger partial charge in [-0.15, -0.1) is 0 Å². The Balaban J connectivity index is 3.02. The summed E-state index contributed by atoms with van der Waals surface area (Å²) in [5.74, 6) is 0. The van der Waals surface area contributed by atoms with Gasteiger partial charge in [-0.3, -0.25) is 0 Å². The van der Waals surface area contributed by atoms with E-state index in [0.717, 1.165) is 6.42 Å². The fraction of sp³-hybridized carbons (Fsp3) is 0.571. The highest BCUT2D eigenvalue weighted by molar-refractivity contribution is 5.50. The summed E-state index contributed by atoms with van der Waals surface area (Å²) in [5, 5.41) is 0. The molecule has 17 heavy (non-hydrogen) atoms. The molecule has 1 rings (SSSR count). The summed E-state index contributed by atoms with van der Waals surface area (Å²) in [7, 11) is 3.81. The van der Waals surface area contributed by atoms with Crippen molar-refractivity contribution in [1.29, 1.82) is 0 Å². The number of methoxy groups -OCH3 is 1. The lowest BCUT2D eigenvalue weighted by Gasteiger charge is -2.41. The fourth-order valence-electron chi connectivity index (χ4n) is 2.16. The van der Waals surface area contributed by atoms with Gasteiger partial charge < -0.3 is 15.4 Å². The fourth-order valence-corrected chi connectivity index (χ4v) is 2.16. The van der Waals surface area contributed by atoms with E-state index in [1.165, 1.54) is 11.3 Å². The predicted molar refractivity (Wildman–Crippen MR) is 73.5 cm³/mol. The van der Waals surface area contributed by atoms with Crippen molar-refractivity contribution < 1.29 is 4.74 Å². The summed E-state index contributed by atoms with van der Waals surface area (Å²) in [4.78, 5) is 2.24.